The van der Waals surface area contributed by atoms with E-state index in [4.69, 9.17) is 4.42 Å². The van der Waals surface area contributed by atoms with Crippen molar-refractivity contribution >= 4 is 39.0 Å². The largest absolute Gasteiger partial charge is 0.456 e. The smallest absolute Gasteiger partial charge is 0.135 e. The molecule has 1 heterocycles. The third-order valence-electron chi connectivity index (χ3n) is 10.5. The Kier molecular flexibility index (Phi) is 6.75. The Bertz CT molecular complexity index is 2690. The third kappa shape index (κ3) is 4.57. The standard InChI is InChI=1S/C49H33NO/c1-4-15-34(16-5-1)35-17-14-20-37(31-35)49(36-18-6-2-7-19-36)45-25-12-10-23-41(45)42-29-27-40(33-46(42)49)50(38-21-8-3-9-22-38)39-28-30-48-44(32-39)43-24-11-13-26-47(43)51-48/h1-33H. The topological polar surface area (TPSA) is 16.4 Å². The van der Waals surface area contributed by atoms with Crippen LogP contribution in [-0.2, 0) is 5.41 Å². The molecule has 0 bridgehead atoms. The number of anilines is 3. The minimum Gasteiger partial charge on any atom is -0.456 e. The molecule has 0 saturated heterocycles. The highest BCUT2D eigenvalue weighted by atomic mass is 16.3. The number of furan rings is 1. The number of fused-ring (bicyclic) bond motifs is 6. The average molecular weight is 652 g/mol. The van der Waals surface area contributed by atoms with E-state index in [-0.39, 0.29) is 0 Å². The van der Waals surface area contributed by atoms with E-state index in [9.17, 15) is 0 Å². The summed E-state index contributed by atoms with van der Waals surface area (Å²) in [4.78, 5) is 2.38. The van der Waals surface area contributed by atoms with Crippen LogP contribution in [0.2, 0.25) is 0 Å². The first-order chi connectivity index (χ1) is 25.3. The van der Waals surface area contributed by atoms with Crippen molar-refractivity contribution in [2.75, 3.05) is 4.90 Å². The van der Waals surface area contributed by atoms with Crippen LogP contribution >= 0.6 is 0 Å². The number of para-hydroxylation sites is 2. The first-order valence-electron chi connectivity index (χ1n) is 17.5. The van der Waals surface area contributed by atoms with Crippen molar-refractivity contribution in [2.45, 2.75) is 5.41 Å². The summed E-state index contributed by atoms with van der Waals surface area (Å²) in [6.07, 6.45) is 0. The SMILES string of the molecule is c1ccc(-c2cccc(C3(c4ccccc4)c4ccccc4-c4ccc(N(c5ccccc5)c5ccc6oc7ccccc7c6c5)cc43)c2)cc1. The molecule has 0 radical (unpaired) electrons. The van der Waals surface area contributed by atoms with Gasteiger partial charge in [-0.05, 0) is 99.1 Å². The monoisotopic (exact) mass is 651 g/mol. The highest BCUT2D eigenvalue weighted by Crippen LogP contribution is 2.57. The van der Waals surface area contributed by atoms with Crippen LogP contribution in [0.25, 0.3) is 44.2 Å². The Morgan fingerprint density at radius 3 is 1.80 bits per heavy atom. The molecule has 2 nitrogen and oxygen atoms in total. The zero-order valence-corrected chi connectivity index (χ0v) is 27.9. The first kappa shape index (κ1) is 29.3. The molecule has 10 rings (SSSR count). The molecule has 240 valence electrons. The predicted molar refractivity (Wildman–Crippen MR) is 211 cm³/mol. The second-order valence-corrected chi connectivity index (χ2v) is 13.3. The number of hydrogen-bond donors (Lipinski definition) is 0. The summed E-state index contributed by atoms with van der Waals surface area (Å²) >= 11 is 0. The summed E-state index contributed by atoms with van der Waals surface area (Å²) in [5.74, 6) is 0. The second kappa shape index (κ2) is 11.8. The van der Waals surface area contributed by atoms with Crippen LogP contribution in [0.5, 0.6) is 0 Å². The molecule has 0 amide bonds. The van der Waals surface area contributed by atoms with Gasteiger partial charge in [-0.15, -0.1) is 0 Å². The van der Waals surface area contributed by atoms with Crippen LogP contribution in [-0.4, -0.2) is 0 Å². The molecule has 0 spiro atoms. The summed E-state index contributed by atoms with van der Waals surface area (Å²) in [7, 11) is 0. The van der Waals surface area contributed by atoms with Gasteiger partial charge in [-0.1, -0.05) is 146 Å². The highest BCUT2D eigenvalue weighted by Gasteiger charge is 2.46. The lowest BCUT2D eigenvalue weighted by atomic mass is 9.67. The van der Waals surface area contributed by atoms with Crippen molar-refractivity contribution in [3.63, 3.8) is 0 Å². The zero-order chi connectivity index (χ0) is 33.8. The summed E-state index contributed by atoms with van der Waals surface area (Å²) < 4.78 is 6.24. The van der Waals surface area contributed by atoms with Gasteiger partial charge < -0.3 is 9.32 Å². The predicted octanol–water partition coefficient (Wildman–Crippen LogP) is 13.1. The van der Waals surface area contributed by atoms with E-state index < -0.39 is 5.41 Å². The van der Waals surface area contributed by atoms with E-state index in [0.29, 0.717) is 0 Å². The maximum atomic E-state index is 6.24. The number of hydrogen-bond acceptors (Lipinski definition) is 2. The van der Waals surface area contributed by atoms with E-state index in [1.807, 2.05) is 12.1 Å². The molecule has 0 N–H and O–H groups in total. The second-order valence-electron chi connectivity index (χ2n) is 13.3. The number of benzene rings is 8. The first-order valence-corrected chi connectivity index (χ1v) is 17.5. The zero-order valence-electron chi connectivity index (χ0n) is 27.9. The average Bonchev–Trinajstić information content (AvgIpc) is 3.72. The van der Waals surface area contributed by atoms with Crippen LogP contribution in [0, 0.1) is 0 Å². The van der Waals surface area contributed by atoms with Crippen molar-refractivity contribution in [3.8, 4) is 22.3 Å². The maximum Gasteiger partial charge on any atom is 0.135 e. The Morgan fingerprint density at radius 1 is 0.353 bits per heavy atom. The van der Waals surface area contributed by atoms with Crippen molar-refractivity contribution in [1.29, 1.82) is 0 Å². The molecule has 1 aliphatic rings. The van der Waals surface area contributed by atoms with Gasteiger partial charge in [0.25, 0.3) is 0 Å². The molecule has 8 aromatic carbocycles. The lowest BCUT2D eigenvalue weighted by molar-refractivity contribution is 0.669. The summed E-state index contributed by atoms with van der Waals surface area (Å²) in [5.41, 5.74) is 14.5. The van der Waals surface area contributed by atoms with Crippen molar-refractivity contribution < 1.29 is 4.42 Å². The summed E-state index contributed by atoms with van der Waals surface area (Å²) in [6, 6.07) is 72.4. The molecule has 51 heavy (non-hydrogen) atoms. The molecule has 1 atom stereocenters. The van der Waals surface area contributed by atoms with Gasteiger partial charge in [0.2, 0.25) is 0 Å². The minimum atomic E-state index is -0.541. The molecule has 1 unspecified atom stereocenters. The molecular weight excluding hydrogens is 619 g/mol. The number of rotatable bonds is 6. The lowest BCUT2D eigenvalue weighted by Gasteiger charge is -2.35. The van der Waals surface area contributed by atoms with Crippen molar-refractivity contribution in [3.05, 3.63) is 222 Å². The van der Waals surface area contributed by atoms with Gasteiger partial charge in [-0.25, -0.2) is 0 Å². The molecule has 0 saturated carbocycles. The van der Waals surface area contributed by atoms with Crippen molar-refractivity contribution in [1.82, 2.24) is 0 Å². The van der Waals surface area contributed by atoms with Gasteiger partial charge in [0.1, 0.15) is 11.2 Å². The molecule has 2 heteroatoms. The normalized spacial score (nSPS) is 14.7. The van der Waals surface area contributed by atoms with Crippen molar-refractivity contribution in [2.24, 2.45) is 0 Å². The minimum absolute atomic E-state index is 0.541. The van der Waals surface area contributed by atoms with E-state index in [1.54, 1.807) is 0 Å². The molecule has 0 aliphatic heterocycles. The maximum absolute atomic E-state index is 6.24. The van der Waals surface area contributed by atoms with Crippen LogP contribution < -0.4 is 4.90 Å². The third-order valence-corrected chi connectivity index (χ3v) is 10.5. The highest BCUT2D eigenvalue weighted by molar-refractivity contribution is 6.06. The van der Waals surface area contributed by atoms with E-state index in [1.165, 1.54) is 44.5 Å². The van der Waals surface area contributed by atoms with Gasteiger partial charge in [0, 0.05) is 27.8 Å². The molecular formula is C49H33NO. The van der Waals surface area contributed by atoms with Crippen LogP contribution in [0.4, 0.5) is 17.1 Å². The van der Waals surface area contributed by atoms with Gasteiger partial charge in [0.05, 0.1) is 5.41 Å². The van der Waals surface area contributed by atoms with Crippen LogP contribution in [0.1, 0.15) is 22.3 Å². The van der Waals surface area contributed by atoms with Gasteiger partial charge in [-0.3, -0.25) is 0 Å². The molecule has 1 aliphatic carbocycles. The Hall–Kier alpha value is -6.64. The van der Waals surface area contributed by atoms with Gasteiger partial charge in [-0.2, -0.15) is 0 Å². The van der Waals surface area contributed by atoms with E-state index >= 15 is 0 Å². The summed E-state index contributed by atoms with van der Waals surface area (Å²) in [6.45, 7) is 0. The fraction of sp³-hybridized carbons (Fsp3) is 0.0204. The molecule has 0 fully saturated rings. The Labute approximate surface area is 297 Å². The quantitative estimate of drug-likeness (QED) is 0.178. The Morgan fingerprint density at radius 2 is 0.961 bits per heavy atom. The van der Waals surface area contributed by atoms with Gasteiger partial charge in [0.15, 0.2) is 0 Å². The number of nitrogens with zero attached hydrogens (tertiary/aromatic N) is 1. The molecule has 1 aromatic heterocycles. The van der Waals surface area contributed by atoms with Crippen LogP contribution in [0.3, 0.4) is 0 Å². The van der Waals surface area contributed by atoms with E-state index in [2.05, 4.69) is 193 Å². The fourth-order valence-corrected chi connectivity index (χ4v) is 8.32. The van der Waals surface area contributed by atoms with Crippen LogP contribution in [0.15, 0.2) is 205 Å². The Balaban J connectivity index is 1.25. The fourth-order valence-electron chi connectivity index (χ4n) is 8.32. The van der Waals surface area contributed by atoms with Gasteiger partial charge >= 0.3 is 0 Å². The van der Waals surface area contributed by atoms with E-state index in [0.717, 1.165) is 39.0 Å². The lowest BCUT2D eigenvalue weighted by Crippen LogP contribution is -2.28. The molecule has 9 aromatic rings. The summed E-state index contributed by atoms with van der Waals surface area (Å²) in [5, 5.41) is 2.22.